The Morgan fingerprint density at radius 3 is 2.12 bits per heavy atom. The van der Waals surface area contributed by atoms with Crippen LogP contribution >= 0.6 is 0 Å². The number of rotatable bonds is 8. The minimum absolute atomic E-state index is 0.124. The zero-order valence-electron chi connectivity index (χ0n) is 30.0. The highest BCUT2D eigenvalue weighted by atomic mass is 32.2. The molecule has 1 fully saturated rings. The number of hydrogen-bond acceptors (Lipinski definition) is 9. The number of benzene rings is 1. The molecule has 2 amide bonds. The molecule has 0 aliphatic carbocycles. The Morgan fingerprint density at radius 2 is 1.56 bits per heavy atom. The molecular weight excluding hydrogens is 673 g/mol. The molecule has 1 saturated heterocycles. The molecule has 2 N–H and O–H groups in total. The summed E-state index contributed by atoms with van der Waals surface area (Å²) in [7, 11) is -8.34. The van der Waals surface area contributed by atoms with E-state index in [1.807, 2.05) is 47.0 Å². The van der Waals surface area contributed by atoms with E-state index in [1.54, 1.807) is 37.3 Å². The number of amides is 2. The van der Waals surface area contributed by atoms with Crippen molar-refractivity contribution >= 4 is 38.5 Å². The van der Waals surface area contributed by atoms with Gasteiger partial charge in [-0.15, -0.1) is 0 Å². The maximum Gasteiger partial charge on any atom is 0.332 e. The Labute approximate surface area is 285 Å². The van der Waals surface area contributed by atoms with Gasteiger partial charge in [0.15, 0.2) is 28.5 Å². The minimum atomic E-state index is -4.42. The second-order valence-electron chi connectivity index (χ2n) is 15.6. The normalized spacial score (nSPS) is 24.5. The highest BCUT2D eigenvalue weighted by Gasteiger charge is 2.68. The largest absolute Gasteiger partial charge is 0.414 e. The van der Waals surface area contributed by atoms with Crippen LogP contribution in [0.4, 0.5) is 10.5 Å². The number of para-hydroxylation sites is 1. The molecule has 0 radical (unpaired) electrons. The first kappa shape index (κ1) is 37.9. The lowest BCUT2D eigenvalue weighted by Crippen LogP contribution is -2.60. The van der Waals surface area contributed by atoms with Crippen molar-refractivity contribution in [2.45, 2.75) is 109 Å². The molecule has 1 aromatic carbocycles. The Hall–Kier alpha value is -2.87. The average molecular weight is 723 g/mol. The number of ether oxygens (including phenoxy) is 1. The van der Waals surface area contributed by atoms with Gasteiger partial charge in [0, 0.05) is 24.5 Å². The van der Waals surface area contributed by atoms with Gasteiger partial charge in [0.25, 0.3) is 15.7 Å². The summed E-state index contributed by atoms with van der Waals surface area (Å²) < 4.78 is 55.5. The van der Waals surface area contributed by atoms with Crippen LogP contribution in [0.3, 0.4) is 0 Å². The number of nitrogens with one attached hydrogen (secondary N) is 2. The summed E-state index contributed by atoms with van der Waals surface area (Å²) in [5.74, 6) is 0. The van der Waals surface area contributed by atoms with Crippen LogP contribution in [-0.2, 0) is 34.9 Å². The Balaban J connectivity index is 1.96. The van der Waals surface area contributed by atoms with Crippen LogP contribution in [0, 0.1) is 6.92 Å². The average Bonchev–Trinajstić information content (AvgIpc) is 3.39. The highest BCUT2D eigenvalue weighted by Crippen LogP contribution is 2.52. The lowest BCUT2D eigenvalue weighted by molar-refractivity contribution is -0.0571. The van der Waals surface area contributed by atoms with Gasteiger partial charge in [-0.1, -0.05) is 59.7 Å². The lowest BCUT2D eigenvalue weighted by Gasteiger charge is -2.44. The van der Waals surface area contributed by atoms with Crippen molar-refractivity contribution in [3.63, 3.8) is 0 Å². The van der Waals surface area contributed by atoms with Crippen molar-refractivity contribution < 1.29 is 31.0 Å². The number of anilines is 1. The van der Waals surface area contributed by atoms with Gasteiger partial charge in [-0.2, -0.15) is 8.42 Å². The second-order valence-corrected chi connectivity index (χ2v) is 26.6. The summed E-state index contributed by atoms with van der Waals surface area (Å²) in [6.07, 6.45) is -2.37. The topological polar surface area (TPSA) is 156 Å². The fourth-order valence-corrected chi connectivity index (χ4v) is 8.67. The Kier molecular flexibility index (Phi) is 10.1. The number of carbonyl (C=O) groups is 1. The van der Waals surface area contributed by atoms with E-state index in [0.717, 1.165) is 9.98 Å². The smallest absolute Gasteiger partial charge is 0.332 e. The summed E-state index contributed by atoms with van der Waals surface area (Å²) in [5.41, 5.74) is -2.55. The fourth-order valence-electron chi connectivity index (χ4n) is 5.14. The van der Waals surface area contributed by atoms with Crippen LogP contribution in [0.15, 0.2) is 57.2 Å². The number of aromatic nitrogens is 2. The number of nitrogens with zero attached hydrogens (tertiary/aromatic N) is 2. The van der Waals surface area contributed by atoms with Crippen molar-refractivity contribution in [3.8, 4) is 0 Å². The molecular formula is C32H50N4O9SSi2. The van der Waals surface area contributed by atoms with Gasteiger partial charge in [-0.25, -0.2) is 13.8 Å². The van der Waals surface area contributed by atoms with Crippen molar-refractivity contribution in [1.82, 2.24) is 14.5 Å². The molecule has 4 atom stereocenters. The zero-order chi connectivity index (χ0) is 36.3. The van der Waals surface area contributed by atoms with Crippen molar-refractivity contribution in [1.29, 1.82) is 0 Å². The van der Waals surface area contributed by atoms with Crippen molar-refractivity contribution in [2.75, 3.05) is 11.9 Å². The van der Waals surface area contributed by atoms with Crippen LogP contribution < -0.4 is 21.9 Å². The highest BCUT2D eigenvalue weighted by molar-refractivity contribution is 7.90. The molecule has 3 heterocycles. The van der Waals surface area contributed by atoms with E-state index >= 15 is 0 Å². The van der Waals surface area contributed by atoms with Gasteiger partial charge in [0.2, 0.25) is 0 Å². The zero-order valence-corrected chi connectivity index (χ0v) is 32.8. The molecule has 2 aromatic rings. The van der Waals surface area contributed by atoms with E-state index in [9.17, 15) is 22.8 Å². The van der Waals surface area contributed by atoms with Crippen molar-refractivity contribution in [3.05, 3.63) is 74.0 Å². The molecule has 1 spiro atoms. The third-order valence-corrected chi connectivity index (χ3v) is 20.1. The van der Waals surface area contributed by atoms with Crippen LogP contribution in [-0.4, -0.2) is 64.6 Å². The third-order valence-electron chi connectivity index (χ3n) is 10.1. The maximum atomic E-state index is 13.7. The quantitative estimate of drug-likeness (QED) is 0.285. The van der Waals surface area contributed by atoms with E-state index < -0.39 is 68.1 Å². The van der Waals surface area contributed by atoms with E-state index in [-0.39, 0.29) is 27.9 Å². The number of carbonyl (C=O) groups excluding carboxylic acids is 1. The predicted octanol–water partition coefficient (Wildman–Crippen LogP) is 4.93. The molecule has 48 heavy (non-hydrogen) atoms. The van der Waals surface area contributed by atoms with Gasteiger partial charge in [0.1, 0.15) is 12.2 Å². The van der Waals surface area contributed by atoms with Crippen LogP contribution in [0.1, 0.15) is 53.3 Å². The molecule has 2 aliphatic heterocycles. The first-order valence-corrected chi connectivity index (χ1v) is 23.2. The predicted molar refractivity (Wildman–Crippen MR) is 189 cm³/mol. The molecule has 2 aliphatic rings. The molecule has 4 rings (SSSR count). The molecule has 0 unspecified atom stereocenters. The van der Waals surface area contributed by atoms with E-state index in [4.69, 9.17) is 17.8 Å². The van der Waals surface area contributed by atoms with Gasteiger partial charge in [0.05, 0.1) is 17.7 Å². The van der Waals surface area contributed by atoms with Gasteiger partial charge < -0.3 is 24.2 Å². The first-order chi connectivity index (χ1) is 21.8. The standard InChI is InChI=1S/C32H50N4O9SSi2/c1-21-18-36(29(39)35(8)26(21)37)27-25(44-48(11,12)31(5,6)7)32(24(43-27)19-42-47(9,10)30(2,3)4)23(20-46(40,41)45-32)34-28(38)33-22-16-14-13-15-17-22/h13-18,20,24-25,27H,19H2,1-12H3,(H2,33,34,38)/t24-,25+,27-,32-/m1/s1. The van der Waals surface area contributed by atoms with Gasteiger partial charge in [-0.05, 0) is 55.3 Å². The lowest BCUT2D eigenvalue weighted by atomic mass is 9.89. The monoisotopic (exact) mass is 722 g/mol. The van der Waals surface area contributed by atoms with Gasteiger partial charge >= 0.3 is 11.7 Å². The molecule has 0 bridgehead atoms. The number of aryl methyl sites for hydroxylation is 1. The number of hydrogen-bond donors (Lipinski definition) is 2. The molecule has 16 heteroatoms. The molecule has 266 valence electrons. The van der Waals surface area contributed by atoms with Crippen molar-refractivity contribution in [2.24, 2.45) is 7.05 Å². The minimum Gasteiger partial charge on any atom is -0.414 e. The molecule has 0 saturated carbocycles. The van der Waals surface area contributed by atoms with E-state index in [2.05, 4.69) is 31.4 Å². The van der Waals surface area contributed by atoms with Gasteiger partial charge in [-0.3, -0.25) is 13.9 Å². The summed E-state index contributed by atoms with van der Waals surface area (Å²) in [5, 5.41) is 5.72. The van der Waals surface area contributed by atoms with E-state index in [0.29, 0.717) is 5.69 Å². The van der Waals surface area contributed by atoms with Crippen LogP contribution in [0.2, 0.25) is 36.3 Å². The first-order valence-electron chi connectivity index (χ1n) is 15.9. The molecule has 1 aromatic heterocycles. The summed E-state index contributed by atoms with van der Waals surface area (Å²) in [4.78, 5) is 39.9. The summed E-state index contributed by atoms with van der Waals surface area (Å²) in [6.45, 7) is 21.8. The Bertz CT molecular complexity index is 1810. The van der Waals surface area contributed by atoms with Crippen LogP contribution in [0.5, 0.6) is 0 Å². The number of urea groups is 1. The Morgan fingerprint density at radius 1 is 0.979 bits per heavy atom. The fraction of sp³-hybridized carbons (Fsp3) is 0.594. The third kappa shape index (κ3) is 7.20. The van der Waals surface area contributed by atoms with Crippen LogP contribution in [0.25, 0.3) is 0 Å². The molecule has 13 nitrogen and oxygen atoms in total. The summed E-state index contributed by atoms with van der Waals surface area (Å²) >= 11 is 0. The SMILES string of the molecule is Cc1cn([C@@H]2O[C@H](CO[Si](C)(C)C(C)(C)C)[C@@]3(OS(=O)(=O)C=C3NC(=O)Nc3ccccc3)[C@H]2O[Si](C)(C)C(C)(C)C)c(=O)n(C)c1=O. The summed E-state index contributed by atoms with van der Waals surface area (Å²) in [6, 6.07) is 7.95. The van der Waals surface area contributed by atoms with E-state index in [1.165, 1.54) is 17.8 Å². The maximum absolute atomic E-state index is 13.7. The second kappa shape index (κ2) is 12.8.